The SMILES string of the molecule is N#Cc1nn(-c2c(Cl)cc(C(F)(F)F)cc2Cl)c(N)c1-c1cc(Br)no1. The van der Waals surface area contributed by atoms with Crippen molar-refractivity contribution >= 4 is 44.9 Å². The summed E-state index contributed by atoms with van der Waals surface area (Å²) in [4.78, 5) is 0. The molecule has 2 N–H and O–H groups in total. The Morgan fingerprint density at radius 3 is 2.31 bits per heavy atom. The van der Waals surface area contributed by atoms with Gasteiger partial charge < -0.3 is 10.3 Å². The number of anilines is 1. The maximum Gasteiger partial charge on any atom is 0.416 e. The highest BCUT2D eigenvalue weighted by molar-refractivity contribution is 9.10. The minimum Gasteiger partial charge on any atom is -0.383 e. The molecule has 0 aliphatic heterocycles. The fourth-order valence-electron chi connectivity index (χ4n) is 2.23. The minimum absolute atomic E-state index is 0.0971. The van der Waals surface area contributed by atoms with Crippen molar-refractivity contribution in [2.75, 3.05) is 5.73 Å². The summed E-state index contributed by atoms with van der Waals surface area (Å²) in [6.45, 7) is 0. The molecule has 0 fully saturated rings. The highest BCUT2D eigenvalue weighted by Gasteiger charge is 2.33. The Bertz CT molecular complexity index is 1030. The number of benzene rings is 1. The molecular weight excluding hydrogens is 462 g/mol. The Morgan fingerprint density at radius 1 is 1.23 bits per heavy atom. The monoisotopic (exact) mass is 465 g/mol. The van der Waals surface area contributed by atoms with Crippen LogP contribution in [0, 0.1) is 11.3 Å². The number of rotatable bonds is 2. The molecule has 0 bridgehead atoms. The Labute approximate surface area is 162 Å². The number of aromatic nitrogens is 3. The van der Waals surface area contributed by atoms with Crippen molar-refractivity contribution in [1.82, 2.24) is 14.9 Å². The third kappa shape index (κ3) is 3.13. The van der Waals surface area contributed by atoms with Gasteiger partial charge in [-0.25, -0.2) is 4.68 Å². The van der Waals surface area contributed by atoms with Gasteiger partial charge in [0, 0.05) is 6.07 Å². The molecule has 6 nitrogen and oxygen atoms in total. The van der Waals surface area contributed by atoms with E-state index in [2.05, 4.69) is 26.2 Å². The van der Waals surface area contributed by atoms with Crippen LogP contribution in [0.5, 0.6) is 0 Å². The standard InChI is InChI=1S/C14H5BrCl2F3N5O/c15-10-3-9(26-24-10)11-8(4-21)23-25(13(11)22)12-6(16)1-5(2-7(12)17)14(18,19)20/h1-3H,22H2. The Morgan fingerprint density at radius 2 is 1.85 bits per heavy atom. The first-order chi connectivity index (χ1) is 12.1. The van der Waals surface area contributed by atoms with Crippen LogP contribution in [0.25, 0.3) is 17.0 Å². The van der Waals surface area contributed by atoms with E-state index in [1.54, 1.807) is 0 Å². The molecule has 3 rings (SSSR count). The topological polar surface area (TPSA) is 93.7 Å². The predicted molar refractivity (Wildman–Crippen MR) is 90.9 cm³/mol. The van der Waals surface area contributed by atoms with E-state index in [4.69, 9.17) is 33.5 Å². The molecule has 0 aliphatic carbocycles. The number of alkyl halides is 3. The van der Waals surface area contributed by atoms with Crippen molar-refractivity contribution in [3.8, 4) is 23.1 Å². The first-order valence-corrected chi connectivity index (χ1v) is 8.16. The number of nitriles is 1. The third-order valence-electron chi connectivity index (χ3n) is 3.31. The fourth-order valence-corrected chi connectivity index (χ4v) is 3.15. The summed E-state index contributed by atoms with van der Waals surface area (Å²) < 4.78 is 45.0. The highest BCUT2D eigenvalue weighted by atomic mass is 79.9. The normalized spacial score (nSPS) is 11.6. The molecular formula is C14H5BrCl2F3N5O. The largest absolute Gasteiger partial charge is 0.416 e. The van der Waals surface area contributed by atoms with Crippen LogP contribution in [0.1, 0.15) is 11.3 Å². The van der Waals surface area contributed by atoms with E-state index in [1.165, 1.54) is 6.07 Å². The molecule has 0 saturated heterocycles. The van der Waals surface area contributed by atoms with Crippen molar-refractivity contribution in [3.63, 3.8) is 0 Å². The molecule has 0 atom stereocenters. The van der Waals surface area contributed by atoms with E-state index in [0.717, 1.165) is 4.68 Å². The number of nitrogen functional groups attached to an aromatic ring is 1. The van der Waals surface area contributed by atoms with Crippen molar-refractivity contribution in [1.29, 1.82) is 5.26 Å². The lowest BCUT2D eigenvalue weighted by Crippen LogP contribution is -2.08. The van der Waals surface area contributed by atoms with E-state index in [-0.39, 0.29) is 38.6 Å². The molecule has 3 aromatic rings. The summed E-state index contributed by atoms with van der Waals surface area (Å²) in [6.07, 6.45) is -4.63. The predicted octanol–water partition coefficient (Wildman–Crippen LogP) is 5.07. The first kappa shape index (κ1) is 18.6. The minimum atomic E-state index is -4.63. The second-order valence-electron chi connectivity index (χ2n) is 4.93. The zero-order valence-electron chi connectivity index (χ0n) is 12.3. The molecule has 0 aliphatic rings. The maximum absolute atomic E-state index is 12.9. The summed E-state index contributed by atoms with van der Waals surface area (Å²) in [7, 11) is 0. The van der Waals surface area contributed by atoms with Crippen LogP contribution in [0.2, 0.25) is 10.0 Å². The zero-order valence-corrected chi connectivity index (χ0v) is 15.4. The molecule has 26 heavy (non-hydrogen) atoms. The summed E-state index contributed by atoms with van der Waals surface area (Å²) in [5.74, 6) is 0.0325. The van der Waals surface area contributed by atoms with Gasteiger partial charge in [0.2, 0.25) is 0 Å². The van der Waals surface area contributed by atoms with Crippen LogP contribution in [0.4, 0.5) is 19.0 Å². The van der Waals surface area contributed by atoms with Gasteiger partial charge >= 0.3 is 6.18 Å². The maximum atomic E-state index is 12.9. The summed E-state index contributed by atoms with van der Waals surface area (Å²) in [6, 6.07) is 4.67. The highest BCUT2D eigenvalue weighted by Crippen LogP contribution is 2.40. The average Bonchev–Trinajstić information content (AvgIpc) is 3.09. The molecule has 1 aromatic carbocycles. The van der Waals surface area contributed by atoms with Crippen LogP contribution in [0.15, 0.2) is 27.3 Å². The van der Waals surface area contributed by atoms with Gasteiger partial charge in [-0.15, -0.1) is 0 Å². The van der Waals surface area contributed by atoms with Gasteiger partial charge in [0.25, 0.3) is 0 Å². The second kappa shape index (κ2) is 6.50. The summed E-state index contributed by atoms with van der Waals surface area (Å²) >= 11 is 15.0. The lowest BCUT2D eigenvalue weighted by Gasteiger charge is -2.13. The molecule has 0 spiro atoms. The molecule has 12 heteroatoms. The number of hydrogen-bond donors (Lipinski definition) is 1. The van der Waals surface area contributed by atoms with Crippen molar-refractivity contribution in [2.24, 2.45) is 0 Å². The quantitative estimate of drug-likeness (QED) is 0.569. The number of halogens is 6. The van der Waals surface area contributed by atoms with E-state index < -0.39 is 11.7 Å². The van der Waals surface area contributed by atoms with Crippen LogP contribution >= 0.6 is 39.1 Å². The first-order valence-electron chi connectivity index (χ1n) is 6.61. The van der Waals surface area contributed by atoms with E-state index in [1.807, 2.05) is 6.07 Å². The zero-order chi connectivity index (χ0) is 19.2. The molecule has 2 heterocycles. The van der Waals surface area contributed by atoms with Gasteiger partial charge in [-0.05, 0) is 28.1 Å². The molecule has 134 valence electrons. The number of nitrogens with zero attached hydrogens (tertiary/aromatic N) is 4. The van der Waals surface area contributed by atoms with E-state index in [0.29, 0.717) is 16.7 Å². The lowest BCUT2D eigenvalue weighted by molar-refractivity contribution is -0.137. The lowest BCUT2D eigenvalue weighted by atomic mass is 10.2. The van der Waals surface area contributed by atoms with Crippen molar-refractivity contribution in [3.05, 3.63) is 44.1 Å². The van der Waals surface area contributed by atoms with Crippen molar-refractivity contribution < 1.29 is 17.7 Å². The number of hydrogen-bond acceptors (Lipinski definition) is 5. The van der Waals surface area contributed by atoms with E-state index >= 15 is 0 Å². The van der Waals surface area contributed by atoms with Gasteiger partial charge in [-0.3, -0.25) is 0 Å². The van der Waals surface area contributed by atoms with Crippen LogP contribution < -0.4 is 5.73 Å². The second-order valence-corrected chi connectivity index (χ2v) is 6.56. The Kier molecular flexibility index (Phi) is 4.64. The third-order valence-corrected chi connectivity index (χ3v) is 4.26. The van der Waals surface area contributed by atoms with Gasteiger partial charge in [0.15, 0.2) is 11.5 Å². The molecule has 0 radical (unpaired) electrons. The van der Waals surface area contributed by atoms with Crippen LogP contribution in [-0.2, 0) is 6.18 Å². The van der Waals surface area contributed by atoms with Crippen molar-refractivity contribution in [2.45, 2.75) is 6.18 Å². The van der Waals surface area contributed by atoms with E-state index in [9.17, 15) is 18.4 Å². The number of nitrogens with two attached hydrogens (primary N) is 1. The summed E-state index contributed by atoms with van der Waals surface area (Å²) in [5.41, 5.74) is 4.87. The Balaban J connectivity index is 2.24. The van der Waals surface area contributed by atoms with Gasteiger partial charge in [-0.1, -0.05) is 28.4 Å². The molecule has 0 amide bonds. The van der Waals surface area contributed by atoms with Gasteiger partial charge in [0.05, 0.1) is 15.6 Å². The average molecular weight is 467 g/mol. The van der Waals surface area contributed by atoms with Gasteiger partial charge in [0.1, 0.15) is 27.7 Å². The molecule has 0 unspecified atom stereocenters. The summed E-state index contributed by atoms with van der Waals surface area (Å²) in [5, 5.41) is 16.2. The fraction of sp³-hybridized carbons (Fsp3) is 0.0714. The van der Waals surface area contributed by atoms with Crippen LogP contribution in [-0.4, -0.2) is 14.9 Å². The molecule has 2 aromatic heterocycles. The Hall–Kier alpha value is -2.22. The smallest absolute Gasteiger partial charge is 0.383 e. The van der Waals surface area contributed by atoms with Crippen LogP contribution in [0.3, 0.4) is 0 Å². The van der Waals surface area contributed by atoms with Gasteiger partial charge in [-0.2, -0.15) is 23.5 Å². The molecule has 0 saturated carbocycles.